The number of rotatable bonds is 5. The molecule has 104 valence electrons. The summed E-state index contributed by atoms with van der Waals surface area (Å²) in [5.74, 6) is 0.690. The van der Waals surface area contributed by atoms with Crippen molar-refractivity contribution in [3.05, 3.63) is 52.3 Å². The molecule has 0 saturated heterocycles. The number of nitrogens with zero attached hydrogens (tertiary/aromatic N) is 1. The van der Waals surface area contributed by atoms with Crippen LogP contribution in [0.25, 0.3) is 0 Å². The topological polar surface area (TPSA) is 85.4 Å². The number of nitro groups is 1. The summed E-state index contributed by atoms with van der Waals surface area (Å²) >= 11 is 1.50. The summed E-state index contributed by atoms with van der Waals surface area (Å²) in [6, 6.07) is 10.3. The Bertz CT molecular complexity index is 622. The number of hydrogen-bond acceptors (Lipinski definition) is 5. The van der Waals surface area contributed by atoms with Gasteiger partial charge in [0.1, 0.15) is 10.7 Å². The molecule has 1 aromatic heterocycles. The quantitative estimate of drug-likeness (QED) is 0.518. The molecule has 1 N–H and O–H groups in total. The van der Waals surface area contributed by atoms with Gasteiger partial charge in [0.2, 0.25) is 5.91 Å². The van der Waals surface area contributed by atoms with Crippen molar-refractivity contribution >= 4 is 29.2 Å². The minimum absolute atomic E-state index is 0.117. The molecular formula is C13H12N2O4S. The first-order valence-electron chi connectivity index (χ1n) is 5.78. The van der Waals surface area contributed by atoms with Crippen molar-refractivity contribution in [2.75, 3.05) is 5.32 Å². The minimum atomic E-state index is -0.559. The third-order valence-electron chi connectivity index (χ3n) is 2.38. The van der Waals surface area contributed by atoms with Gasteiger partial charge in [-0.25, -0.2) is 0 Å². The predicted octanol–water partition coefficient (Wildman–Crippen LogP) is 3.44. The minimum Gasteiger partial charge on any atom is -0.405 e. The van der Waals surface area contributed by atoms with Gasteiger partial charge in [-0.1, -0.05) is 0 Å². The summed E-state index contributed by atoms with van der Waals surface area (Å²) in [5.41, 5.74) is 0.732. The molecule has 1 amide bonds. The van der Waals surface area contributed by atoms with E-state index in [2.05, 4.69) is 5.32 Å². The van der Waals surface area contributed by atoms with Gasteiger partial charge in [-0.3, -0.25) is 14.9 Å². The summed E-state index contributed by atoms with van der Waals surface area (Å²) in [5, 5.41) is 13.2. The molecule has 0 bridgehead atoms. The average molecular weight is 292 g/mol. The number of carbonyl (C=O) groups is 1. The molecule has 0 spiro atoms. The van der Waals surface area contributed by atoms with E-state index in [-0.39, 0.29) is 11.8 Å². The lowest BCUT2D eigenvalue weighted by Crippen LogP contribution is -2.05. The zero-order valence-electron chi connectivity index (χ0n) is 10.7. The monoisotopic (exact) mass is 292 g/mol. The van der Waals surface area contributed by atoms with E-state index >= 15 is 0 Å². The third-order valence-corrected chi connectivity index (χ3v) is 3.42. The number of thioether (sulfide) groups is 1. The van der Waals surface area contributed by atoms with E-state index in [1.165, 1.54) is 24.8 Å². The van der Waals surface area contributed by atoms with Crippen molar-refractivity contribution in [3.63, 3.8) is 0 Å². The second kappa shape index (κ2) is 6.25. The first-order valence-corrected chi connectivity index (χ1v) is 6.77. The number of furan rings is 1. The van der Waals surface area contributed by atoms with Crippen LogP contribution in [0, 0.1) is 10.1 Å². The Hall–Kier alpha value is -2.28. The van der Waals surface area contributed by atoms with Crippen molar-refractivity contribution in [2.45, 2.75) is 17.6 Å². The molecule has 0 atom stereocenters. The molecule has 7 heteroatoms. The lowest BCUT2D eigenvalue weighted by molar-refractivity contribution is -0.402. The number of amides is 1. The van der Waals surface area contributed by atoms with Crippen LogP contribution in [0.4, 0.5) is 11.6 Å². The summed E-state index contributed by atoms with van der Waals surface area (Å²) in [4.78, 5) is 21.8. The lowest BCUT2D eigenvalue weighted by Gasteiger charge is -2.03. The van der Waals surface area contributed by atoms with E-state index in [1.807, 2.05) is 12.1 Å². The fraction of sp³-hybridized carbons (Fsp3) is 0.154. The fourth-order valence-electron chi connectivity index (χ4n) is 1.53. The van der Waals surface area contributed by atoms with Crippen LogP contribution < -0.4 is 5.32 Å². The Balaban J connectivity index is 1.93. The smallest absolute Gasteiger partial charge is 0.405 e. The van der Waals surface area contributed by atoms with E-state index in [0.717, 1.165) is 10.6 Å². The predicted molar refractivity (Wildman–Crippen MR) is 75.7 cm³/mol. The van der Waals surface area contributed by atoms with Gasteiger partial charge in [-0.15, -0.1) is 11.8 Å². The van der Waals surface area contributed by atoms with E-state index in [1.54, 1.807) is 18.2 Å². The van der Waals surface area contributed by atoms with Crippen LogP contribution >= 0.6 is 11.8 Å². The van der Waals surface area contributed by atoms with Gasteiger partial charge in [0.15, 0.2) is 0 Å². The molecular weight excluding hydrogens is 280 g/mol. The Morgan fingerprint density at radius 3 is 2.55 bits per heavy atom. The van der Waals surface area contributed by atoms with Crippen LogP contribution in [0.2, 0.25) is 0 Å². The molecule has 6 nitrogen and oxygen atoms in total. The van der Waals surface area contributed by atoms with E-state index in [4.69, 9.17) is 4.42 Å². The van der Waals surface area contributed by atoms with E-state index in [9.17, 15) is 14.9 Å². The molecule has 0 unspecified atom stereocenters. The number of carbonyl (C=O) groups excluding carboxylic acids is 1. The maximum Gasteiger partial charge on any atom is 0.433 e. The summed E-state index contributed by atoms with van der Waals surface area (Å²) in [7, 11) is 0. The number of hydrogen-bond donors (Lipinski definition) is 1. The highest BCUT2D eigenvalue weighted by Crippen LogP contribution is 2.26. The second-order valence-electron chi connectivity index (χ2n) is 3.99. The average Bonchev–Trinajstić information content (AvgIpc) is 2.86. The standard InChI is InChI=1S/C13H12N2O4S/c1-9(16)14-10-2-5-12(6-3-10)20-8-11-4-7-13(19-11)15(17)18/h2-7H,8H2,1H3,(H,14,16). The van der Waals surface area contributed by atoms with Crippen molar-refractivity contribution in [3.8, 4) is 0 Å². The van der Waals surface area contributed by atoms with Crippen LogP contribution in [0.5, 0.6) is 0 Å². The number of nitrogens with one attached hydrogen (secondary N) is 1. The van der Waals surface area contributed by atoms with Gasteiger partial charge in [0, 0.05) is 17.5 Å². The van der Waals surface area contributed by atoms with Crippen molar-refractivity contribution in [2.24, 2.45) is 0 Å². The van der Waals surface area contributed by atoms with Crippen molar-refractivity contribution in [1.29, 1.82) is 0 Å². The molecule has 1 heterocycles. The first-order chi connectivity index (χ1) is 9.54. The lowest BCUT2D eigenvalue weighted by atomic mass is 10.3. The Morgan fingerprint density at radius 2 is 2.00 bits per heavy atom. The summed E-state index contributed by atoms with van der Waals surface area (Å²) in [6.45, 7) is 1.45. The van der Waals surface area contributed by atoms with Crippen LogP contribution in [0.1, 0.15) is 12.7 Å². The van der Waals surface area contributed by atoms with Gasteiger partial charge in [0.05, 0.1) is 11.8 Å². The van der Waals surface area contributed by atoms with Crippen LogP contribution in [0.15, 0.2) is 45.7 Å². The van der Waals surface area contributed by atoms with Gasteiger partial charge >= 0.3 is 5.88 Å². The van der Waals surface area contributed by atoms with Crippen LogP contribution in [-0.2, 0) is 10.5 Å². The number of benzene rings is 1. The van der Waals surface area contributed by atoms with Crippen molar-refractivity contribution < 1.29 is 14.1 Å². The van der Waals surface area contributed by atoms with E-state index in [0.29, 0.717) is 11.5 Å². The second-order valence-corrected chi connectivity index (χ2v) is 5.04. The van der Waals surface area contributed by atoms with E-state index < -0.39 is 4.92 Å². The zero-order valence-corrected chi connectivity index (χ0v) is 11.5. The molecule has 0 fully saturated rings. The van der Waals surface area contributed by atoms with Crippen LogP contribution in [0.3, 0.4) is 0 Å². The molecule has 20 heavy (non-hydrogen) atoms. The van der Waals surface area contributed by atoms with Crippen molar-refractivity contribution in [1.82, 2.24) is 0 Å². The molecule has 0 saturated carbocycles. The molecule has 2 aromatic rings. The highest BCUT2D eigenvalue weighted by molar-refractivity contribution is 7.98. The largest absolute Gasteiger partial charge is 0.433 e. The molecule has 0 radical (unpaired) electrons. The number of anilines is 1. The maximum atomic E-state index is 10.9. The molecule has 0 aliphatic rings. The Morgan fingerprint density at radius 1 is 1.30 bits per heavy atom. The van der Waals surface area contributed by atoms with Gasteiger partial charge in [-0.2, -0.15) is 0 Å². The maximum absolute atomic E-state index is 10.9. The Kier molecular flexibility index (Phi) is 4.41. The van der Waals surface area contributed by atoms with Crippen LogP contribution in [-0.4, -0.2) is 10.8 Å². The summed E-state index contributed by atoms with van der Waals surface area (Å²) in [6.07, 6.45) is 0. The van der Waals surface area contributed by atoms with Gasteiger partial charge < -0.3 is 9.73 Å². The fourth-order valence-corrected chi connectivity index (χ4v) is 2.33. The SMILES string of the molecule is CC(=O)Nc1ccc(SCc2ccc([N+](=O)[O-])o2)cc1. The molecule has 1 aromatic carbocycles. The first kappa shape index (κ1) is 14.1. The van der Waals surface area contributed by atoms with Gasteiger partial charge in [-0.05, 0) is 30.3 Å². The highest BCUT2D eigenvalue weighted by atomic mass is 32.2. The molecule has 2 rings (SSSR count). The zero-order chi connectivity index (χ0) is 14.5. The third kappa shape index (κ3) is 3.86. The molecule has 0 aliphatic carbocycles. The normalized spacial score (nSPS) is 10.2. The highest BCUT2D eigenvalue weighted by Gasteiger charge is 2.11. The molecule has 0 aliphatic heterocycles. The summed E-state index contributed by atoms with van der Waals surface area (Å²) < 4.78 is 5.07. The van der Waals surface area contributed by atoms with Gasteiger partial charge in [0.25, 0.3) is 0 Å². The Labute approximate surface area is 119 Å².